The first-order valence-electron chi connectivity index (χ1n) is 12.2. The third-order valence-corrected chi connectivity index (χ3v) is 6.25. The summed E-state index contributed by atoms with van der Waals surface area (Å²) < 4.78 is 11.7. The van der Waals surface area contributed by atoms with E-state index in [9.17, 15) is 14.7 Å². The number of nitrogens with zero attached hydrogens (tertiary/aromatic N) is 1. The standard InChI is InChI=1S/C29H39NO5/c1-17-10-12-20(13-11-17)23-18(2)21-14-15-30(27(33)35-29(7,8)9)16-22(21)19(3)24(23)25(26(31)32)34-28(4,5)6/h10-13,25H,14-16H2,1-9H3,(H,31,32)/t25-/m0/s1. The number of carboxylic acid groups (broad SMARTS) is 1. The zero-order chi connectivity index (χ0) is 26.3. The Morgan fingerprint density at radius 3 is 2.03 bits per heavy atom. The molecule has 1 aliphatic rings. The minimum atomic E-state index is -1.15. The highest BCUT2D eigenvalue weighted by atomic mass is 16.6. The number of benzene rings is 2. The Balaban J connectivity index is 2.23. The second-order valence-corrected chi connectivity index (χ2v) is 11.5. The van der Waals surface area contributed by atoms with Gasteiger partial charge in [-0.25, -0.2) is 9.59 Å². The van der Waals surface area contributed by atoms with Crippen molar-refractivity contribution in [2.24, 2.45) is 0 Å². The molecule has 35 heavy (non-hydrogen) atoms. The summed E-state index contributed by atoms with van der Waals surface area (Å²) in [5.41, 5.74) is 6.45. The number of aliphatic carboxylic acids is 1. The molecule has 0 bridgehead atoms. The fraction of sp³-hybridized carbons (Fsp3) is 0.517. The molecule has 1 atom stereocenters. The van der Waals surface area contributed by atoms with Crippen molar-refractivity contribution in [3.05, 3.63) is 57.6 Å². The summed E-state index contributed by atoms with van der Waals surface area (Å²) >= 11 is 0. The molecule has 2 aromatic rings. The van der Waals surface area contributed by atoms with Gasteiger partial charge in [0.2, 0.25) is 0 Å². The fourth-order valence-corrected chi connectivity index (χ4v) is 4.71. The lowest BCUT2D eigenvalue weighted by Crippen LogP contribution is -2.40. The van der Waals surface area contributed by atoms with Gasteiger partial charge in [0, 0.05) is 18.7 Å². The molecule has 1 aliphatic heterocycles. The molecular weight excluding hydrogens is 442 g/mol. The molecule has 190 valence electrons. The Kier molecular flexibility index (Phi) is 7.37. The molecule has 0 spiro atoms. The van der Waals surface area contributed by atoms with Crippen LogP contribution in [0, 0.1) is 20.8 Å². The lowest BCUT2D eigenvalue weighted by atomic mass is 9.80. The number of hydrogen-bond donors (Lipinski definition) is 1. The summed E-state index contributed by atoms with van der Waals surface area (Å²) in [5, 5.41) is 10.3. The van der Waals surface area contributed by atoms with Crippen molar-refractivity contribution in [3.8, 4) is 11.1 Å². The second kappa shape index (κ2) is 9.65. The van der Waals surface area contributed by atoms with Crippen LogP contribution in [0.5, 0.6) is 0 Å². The van der Waals surface area contributed by atoms with E-state index in [1.54, 1.807) is 4.90 Å². The van der Waals surface area contributed by atoms with E-state index in [0.29, 0.717) is 25.1 Å². The zero-order valence-corrected chi connectivity index (χ0v) is 22.5. The highest BCUT2D eigenvalue weighted by Gasteiger charge is 2.35. The van der Waals surface area contributed by atoms with Crippen LogP contribution in [0.2, 0.25) is 0 Å². The van der Waals surface area contributed by atoms with Crippen LogP contribution < -0.4 is 0 Å². The molecule has 0 radical (unpaired) electrons. The SMILES string of the molecule is Cc1ccc(-c2c(C)c3c(c(C)c2[C@H](OC(C)(C)C)C(=O)O)CN(C(=O)OC(C)(C)C)CC3)cc1. The summed E-state index contributed by atoms with van der Waals surface area (Å²) in [5.74, 6) is -1.03. The Labute approximate surface area is 209 Å². The fourth-order valence-electron chi connectivity index (χ4n) is 4.71. The maximum Gasteiger partial charge on any atom is 0.410 e. The van der Waals surface area contributed by atoms with Crippen LogP contribution in [0.3, 0.4) is 0 Å². The first kappa shape index (κ1) is 26.7. The van der Waals surface area contributed by atoms with Gasteiger partial charge in [-0.15, -0.1) is 0 Å². The number of ether oxygens (including phenoxy) is 2. The number of fused-ring (bicyclic) bond motifs is 1. The summed E-state index contributed by atoms with van der Waals surface area (Å²) in [7, 11) is 0. The summed E-state index contributed by atoms with van der Waals surface area (Å²) in [4.78, 5) is 27.1. The van der Waals surface area contributed by atoms with Gasteiger partial charge in [0.05, 0.1) is 5.60 Å². The van der Waals surface area contributed by atoms with Gasteiger partial charge in [-0.05, 0) is 102 Å². The molecule has 1 amide bonds. The molecule has 2 aromatic carbocycles. The lowest BCUT2D eigenvalue weighted by molar-refractivity contribution is -0.160. The predicted octanol–water partition coefficient (Wildman–Crippen LogP) is 6.51. The van der Waals surface area contributed by atoms with Gasteiger partial charge >= 0.3 is 12.1 Å². The Hall–Kier alpha value is -2.86. The Morgan fingerprint density at radius 2 is 1.51 bits per heavy atom. The molecule has 1 heterocycles. The van der Waals surface area contributed by atoms with Gasteiger partial charge in [-0.2, -0.15) is 0 Å². The maximum atomic E-state index is 12.8. The van der Waals surface area contributed by atoms with Crippen molar-refractivity contribution in [2.45, 2.75) is 92.6 Å². The molecule has 0 unspecified atom stereocenters. The molecule has 6 heteroatoms. The number of aryl methyl sites for hydroxylation is 1. The van der Waals surface area contributed by atoms with Crippen LogP contribution in [0.4, 0.5) is 4.79 Å². The minimum absolute atomic E-state index is 0.356. The van der Waals surface area contributed by atoms with Gasteiger partial charge in [-0.3, -0.25) is 0 Å². The van der Waals surface area contributed by atoms with Crippen molar-refractivity contribution < 1.29 is 24.2 Å². The van der Waals surface area contributed by atoms with E-state index >= 15 is 0 Å². The van der Waals surface area contributed by atoms with E-state index in [1.807, 2.05) is 79.7 Å². The molecule has 0 saturated carbocycles. The second-order valence-electron chi connectivity index (χ2n) is 11.5. The number of hydrogen-bond acceptors (Lipinski definition) is 4. The van der Waals surface area contributed by atoms with Crippen LogP contribution in [0.25, 0.3) is 11.1 Å². The van der Waals surface area contributed by atoms with E-state index < -0.39 is 23.3 Å². The van der Waals surface area contributed by atoms with E-state index in [2.05, 4.69) is 6.92 Å². The van der Waals surface area contributed by atoms with Gasteiger partial charge in [0.1, 0.15) is 5.60 Å². The number of carboxylic acids is 1. The number of carbonyl (C=O) groups excluding carboxylic acids is 1. The van der Waals surface area contributed by atoms with E-state index in [0.717, 1.165) is 33.4 Å². The number of carbonyl (C=O) groups is 2. The lowest BCUT2D eigenvalue weighted by Gasteiger charge is -2.36. The average molecular weight is 482 g/mol. The van der Waals surface area contributed by atoms with Crippen molar-refractivity contribution in [3.63, 3.8) is 0 Å². The van der Waals surface area contributed by atoms with Crippen LogP contribution in [-0.2, 0) is 27.2 Å². The van der Waals surface area contributed by atoms with E-state index in [-0.39, 0.29) is 6.09 Å². The van der Waals surface area contributed by atoms with Gasteiger partial charge in [0.25, 0.3) is 0 Å². The number of rotatable bonds is 4. The normalized spacial score (nSPS) is 14.9. The monoisotopic (exact) mass is 481 g/mol. The van der Waals surface area contributed by atoms with Crippen molar-refractivity contribution in [2.75, 3.05) is 6.54 Å². The summed E-state index contributed by atoms with van der Waals surface area (Å²) in [6, 6.07) is 8.16. The average Bonchev–Trinajstić information content (AvgIpc) is 2.73. The van der Waals surface area contributed by atoms with Gasteiger partial charge in [0.15, 0.2) is 6.10 Å². The van der Waals surface area contributed by atoms with Gasteiger partial charge in [-0.1, -0.05) is 29.8 Å². The predicted molar refractivity (Wildman–Crippen MR) is 138 cm³/mol. The molecule has 1 N–H and O–H groups in total. The molecular formula is C29H39NO5. The first-order chi connectivity index (χ1) is 16.1. The Bertz CT molecular complexity index is 1120. The molecule has 0 saturated heterocycles. The first-order valence-corrected chi connectivity index (χ1v) is 12.2. The third-order valence-electron chi connectivity index (χ3n) is 6.25. The summed E-state index contributed by atoms with van der Waals surface area (Å²) in [6.07, 6.45) is -0.824. The van der Waals surface area contributed by atoms with E-state index in [4.69, 9.17) is 9.47 Å². The van der Waals surface area contributed by atoms with E-state index in [1.165, 1.54) is 5.56 Å². The molecule has 6 nitrogen and oxygen atoms in total. The van der Waals surface area contributed by atoms with Crippen LogP contribution in [0.1, 0.15) is 81.0 Å². The smallest absolute Gasteiger partial charge is 0.410 e. The van der Waals surface area contributed by atoms with Gasteiger partial charge < -0.3 is 19.5 Å². The summed E-state index contributed by atoms with van der Waals surface area (Å²) in [6.45, 7) is 18.1. The highest BCUT2D eigenvalue weighted by Crippen LogP contribution is 2.42. The van der Waals surface area contributed by atoms with Crippen molar-refractivity contribution in [1.82, 2.24) is 4.90 Å². The largest absolute Gasteiger partial charge is 0.479 e. The molecule has 0 aliphatic carbocycles. The minimum Gasteiger partial charge on any atom is -0.479 e. The quantitative estimate of drug-likeness (QED) is 0.538. The van der Waals surface area contributed by atoms with Crippen LogP contribution in [0.15, 0.2) is 24.3 Å². The Morgan fingerprint density at radius 1 is 0.914 bits per heavy atom. The molecule has 0 aromatic heterocycles. The van der Waals surface area contributed by atoms with Crippen LogP contribution >= 0.6 is 0 Å². The maximum absolute atomic E-state index is 12.8. The highest BCUT2D eigenvalue weighted by molar-refractivity contribution is 5.84. The zero-order valence-electron chi connectivity index (χ0n) is 22.5. The molecule has 0 fully saturated rings. The van der Waals surface area contributed by atoms with Crippen molar-refractivity contribution >= 4 is 12.1 Å². The van der Waals surface area contributed by atoms with Crippen LogP contribution in [-0.4, -0.2) is 39.8 Å². The topological polar surface area (TPSA) is 76.1 Å². The third kappa shape index (κ3) is 6.04. The van der Waals surface area contributed by atoms with Crippen molar-refractivity contribution in [1.29, 1.82) is 0 Å². The number of amides is 1. The molecule has 3 rings (SSSR count).